The van der Waals surface area contributed by atoms with E-state index in [4.69, 9.17) is 19.9 Å². The maximum atomic E-state index is 9.72. The van der Waals surface area contributed by atoms with Crippen LogP contribution in [-0.2, 0) is 4.74 Å². The lowest BCUT2D eigenvalue weighted by Crippen LogP contribution is -2.34. The number of hydrogen-bond acceptors (Lipinski definition) is 6. The molecule has 0 bridgehead atoms. The molecule has 0 aliphatic carbocycles. The second-order valence-electron chi connectivity index (χ2n) is 4.99. The van der Waals surface area contributed by atoms with Crippen molar-refractivity contribution in [1.29, 1.82) is 0 Å². The Morgan fingerprint density at radius 2 is 1.91 bits per heavy atom. The Morgan fingerprint density at radius 1 is 1.23 bits per heavy atom. The van der Waals surface area contributed by atoms with E-state index in [1.165, 1.54) is 0 Å². The average Bonchev–Trinajstić information content (AvgIpc) is 2.52. The highest BCUT2D eigenvalue weighted by molar-refractivity contribution is 5.31. The molecule has 0 aliphatic heterocycles. The third-order valence-electron chi connectivity index (χ3n) is 2.83. The molecule has 1 aromatic carbocycles. The molecule has 2 unspecified atom stereocenters. The van der Waals surface area contributed by atoms with Crippen molar-refractivity contribution in [3.05, 3.63) is 24.3 Å². The number of hydrogen-bond donors (Lipinski definition) is 3. The molecule has 6 heteroatoms. The molecule has 0 aromatic heterocycles. The van der Waals surface area contributed by atoms with Crippen LogP contribution in [0.1, 0.15) is 20.3 Å². The lowest BCUT2D eigenvalue weighted by Gasteiger charge is -2.16. The summed E-state index contributed by atoms with van der Waals surface area (Å²) in [4.78, 5) is 0. The maximum Gasteiger partial charge on any atom is 0.196 e. The molecular formula is C16H28N2O4. The van der Waals surface area contributed by atoms with E-state index in [-0.39, 0.29) is 12.9 Å². The number of rotatable bonds is 12. The summed E-state index contributed by atoms with van der Waals surface area (Å²) in [6.45, 7) is 6.53. The van der Waals surface area contributed by atoms with Crippen molar-refractivity contribution in [2.24, 2.45) is 5.73 Å². The van der Waals surface area contributed by atoms with Crippen LogP contribution in [-0.4, -0.2) is 50.3 Å². The summed E-state index contributed by atoms with van der Waals surface area (Å²) in [5.41, 5.74) is 5.36. The summed E-state index contributed by atoms with van der Waals surface area (Å²) in [6.07, 6.45) is 0.121. The number of nitrogens with two attached hydrogens (primary N) is 1. The highest BCUT2D eigenvalue weighted by atomic mass is 16.7. The number of aliphatic hydroxyl groups excluding tert-OH is 1. The number of benzene rings is 1. The van der Waals surface area contributed by atoms with E-state index in [2.05, 4.69) is 12.2 Å². The third-order valence-corrected chi connectivity index (χ3v) is 2.83. The molecule has 0 aliphatic rings. The molecular weight excluding hydrogens is 284 g/mol. The van der Waals surface area contributed by atoms with Crippen molar-refractivity contribution < 1.29 is 19.3 Å². The van der Waals surface area contributed by atoms with Gasteiger partial charge in [-0.25, -0.2) is 0 Å². The molecule has 4 N–H and O–H groups in total. The predicted octanol–water partition coefficient (Wildman–Crippen LogP) is 1.13. The van der Waals surface area contributed by atoms with Crippen LogP contribution < -0.4 is 20.5 Å². The smallest absolute Gasteiger partial charge is 0.196 e. The summed E-state index contributed by atoms with van der Waals surface area (Å²) in [5, 5.41) is 12.8. The van der Waals surface area contributed by atoms with Gasteiger partial charge in [0.05, 0.1) is 6.61 Å². The fourth-order valence-corrected chi connectivity index (χ4v) is 1.75. The molecule has 0 amide bonds. The molecule has 0 radical (unpaired) electrons. The monoisotopic (exact) mass is 312 g/mol. The van der Waals surface area contributed by atoms with Gasteiger partial charge in [0.1, 0.15) is 24.2 Å². The Balaban J connectivity index is 2.29. The lowest BCUT2D eigenvalue weighted by atomic mass is 10.3. The van der Waals surface area contributed by atoms with Crippen LogP contribution in [0.15, 0.2) is 24.3 Å². The van der Waals surface area contributed by atoms with E-state index in [0.717, 1.165) is 12.2 Å². The maximum absolute atomic E-state index is 9.72. The Hall–Kier alpha value is -1.34. The molecule has 0 heterocycles. The SMILES string of the molecule is CCCOC(C)Oc1ccc(OCC(O)CNCCN)cc1. The van der Waals surface area contributed by atoms with Crippen molar-refractivity contribution in [3.8, 4) is 11.5 Å². The predicted molar refractivity (Wildman–Crippen MR) is 86.2 cm³/mol. The fourth-order valence-electron chi connectivity index (χ4n) is 1.75. The number of nitrogens with one attached hydrogen (secondary N) is 1. The molecule has 126 valence electrons. The van der Waals surface area contributed by atoms with E-state index >= 15 is 0 Å². The van der Waals surface area contributed by atoms with Crippen molar-refractivity contribution in [1.82, 2.24) is 5.32 Å². The van der Waals surface area contributed by atoms with Crippen LogP contribution in [0, 0.1) is 0 Å². The van der Waals surface area contributed by atoms with E-state index in [9.17, 15) is 5.11 Å². The first-order valence-corrected chi connectivity index (χ1v) is 7.75. The minimum atomic E-state index is -0.565. The van der Waals surface area contributed by atoms with E-state index < -0.39 is 6.10 Å². The Labute approximate surface area is 132 Å². The van der Waals surface area contributed by atoms with Crippen molar-refractivity contribution in [2.75, 3.05) is 32.8 Å². The zero-order valence-electron chi connectivity index (χ0n) is 13.5. The molecule has 22 heavy (non-hydrogen) atoms. The van der Waals surface area contributed by atoms with Gasteiger partial charge in [0, 0.05) is 19.6 Å². The van der Waals surface area contributed by atoms with Crippen LogP contribution in [0.5, 0.6) is 11.5 Å². The first-order chi connectivity index (χ1) is 10.7. The molecule has 0 saturated heterocycles. The van der Waals surface area contributed by atoms with Gasteiger partial charge in [-0.2, -0.15) is 0 Å². The Kier molecular flexibility index (Phi) is 9.57. The minimum absolute atomic E-state index is 0.230. The molecule has 0 fully saturated rings. The van der Waals surface area contributed by atoms with Gasteiger partial charge >= 0.3 is 0 Å². The van der Waals surface area contributed by atoms with Gasteiger partial charge in [-0.15, -0.1) is 0 Å². The average molecular weight is 312 g/mol. The molecule has 6 nitrogen and oxygen atoms in total. The van der Waals surface area contributed by atoms with Gasteiger partial charge in [-0.3, -0.25) is 0 Å². The van der Waals surface area contributed by atoms with Crippen molar-refractivity contribution >= 4 is 0 Å². The second kappa shape index (κ2) is 11.3. The third kappa shape index (κ3) is 8.19. The van der Waals surface area contributed by atoms with Gasteiger partial charge in [0.15, 0.2) is 6.29 Å². The first-order valence-electron chi connectivity index (χ1n) is 7.75. The van der Waals surface area contributed by atoms with Crippen molar-refractivity contribution in [3.63, 3.8) is 0 Å². The Morgan fingerprint density at radius 3 is 2.55 bits per heavy atom. The van der Waals surface area contributed by atoms with Crippen LogP contribution in [0.25, 0.3) is 0 Å². The minimum Gasteiger partial charge on any atom is -0.491 e. The zero-order valence-corrected chi connectivity index (χ0v) is 13.5. The van der Waals surface area contributed by atoms with E-state index in [0.29, 0.717) is 32.0 Å². The van der Waals surface area contributed by atoms with E-state index in [1.807, 2.05) is 31.2 Å². The highest BCUT2D eigenvalue weighted by Crippen LogP contribution is 2.19. The normalized spacial score (nSPS) is 13.6. The summed E-state index contributed by atoms with van der Waals surface area (Å²) < 4.78 is 16.6. The van der Waals surface area contributed by atoms with Gasteiger partial charge < -0.3 is 30.4 Å². The molecule has 1 aromatic rings. The van der Waals surface area contributed by atoms with Gasteiger partial charge in [-0.1, -0.05) is 6.92 Å². The topological polar surface area (TPSA) is 86.0 Å². The van der Waals surface area contributed by atoms with Gasteiger partial charge in [-0.05, 0) is 37.6 Å². The summed E-state index contributed by atoms with van der Waals surface area (Å²) in [5.74, 6) is 1.41. The van der Waals surface area contributed by atoms with Crippen LogP contribution >= 0.6 is 0 Å². The second-order valence-corrected chi connectivity index (χ2v) is 4.99. The summed E-state index contributed by atoms with van der Waals surface area (Å²) >= 11 is 0. The van der Waals surface area contributed by atoms with Crippen LogP contribution in [0.2, 0.25) is 0 Å². The van der Waals surface area contributed by atoms with Gasteiger partial charge in [0.2, 0.25) is 0 Å². The molecule has 2 atom stereocenters. The molecule has 0 saturated carbocycles. The highest BCUT2D eigenvalue weighted by Gasteiger charge is 2.06. The number of aliphatic hydroxyl groups is 1. The fraction of sp³-hybridized carbons (Fsp3) is 0.625. The Bertz CT molecular complexity index is 386. The first kappa shape index (κ1) is 18.7. The quantitative estimate of drug-likeness (QED) is 0.396. The summed E-state index contributed by atoms with van der Waals surface area (Å²) in [7, 11) is 0. The zero-order chi connectivity index (χ0) is 16.2. The largest absolute Gasteiger partial charge is 0.491 e. The van der Waals surface area contributed by atoms with Crippen LogP contribution in [0.3, 0.4) is 0 Å². The van der Waals surface area contributed by atoms with Crippen molar-refractivity contribution in [2.45, 2.75) is 32.7 Å². The number of ether oxygens (including phenoxy) is 3. The molecule has 0 spiro atoms. The summed E-state index contributed by atoms with van der Waals surface area (Å²) in [6, 6.07) is 7.25. The van der Waals surface area contributed by atoms with Crippen LogP contribution in [0.4, 0.5) is 0 Å². The lowest BCUT2D eigenvalue weighted by molar-refractivity contribution is -0.0663. The molecule has 1 rings (SSSR count). The van der Waals surface area contributed by atoms with E-state index in [1.54, 1.807) is 0 Å². The van der Waals surface area contributed by atoms with Gasteiger partial charge in [0.25, 0.3) is 0 Å². The standard InChI is InChI=1S/C16H28N2O4/c1-3-10-20-13(2)22-16-6-4-15(5-7-16)21-12-14(19)11-18-9-8-17/h4-7,13-14,18-19H,3,8-12,17H2,1-2H3.